The molecule has 0 unspecified atom stereocenters. The number of thiophene rings is 1. The summed E-state index contributed by atoms with van der Waals surface area (Å²) < 4.78 is 0. The van der Waals surface area contributed by atoms with Gasteiger partial charge in [-0.25, -0.2) is 0 Å². The van der Waals surface area contributed by atoms with E-state index in [1.807, 2.05) is 0 Å². The first-order chi connectivity index (χ1) is 12.0. The van der Waals surface area contributed by atoms with E-state index in [1.165, 1.54) is 17.4 Å². The molecule has 7 heteroatoms. The molecule has 3 rings (SSSR count). The first kappa shape index (κ1) is 19.2. The van der Waals surface area contributed by atoms with Crippen molar-refractivity contribution < 1.29 is 10.1 Å². The van der Waals surface area contributed by atoms with E-state index in [1.54, 1.807) is 12.1 Å². The van der Waals surface area contributed by atoms with Crippen LogP contribution in [0.4, 0.5) is 5.00 Å². The maximum absolute atomic E-state index is 12.7. The van der Waals surface area contributed by atoms with Crippen LogP contribution in [0.3, 0.4) is 0 Å². The van der Waals surface area contributed by atoms with E-state index in [2.05, 4.69) is 44.4 Å². The first-order valence-electron chi connectivity index (χ1n) is 8.24. The lowest BCUT2D eigenvalue weighted by atomic mass is 9.81. The predicted molar refractivity (Wildman–Crippen MR) is 106 cm³/mol. The lowest BCUT2D eigenvalue weighted by molar-refractivity contribution is -0.789. The number of carbonyl (C=O) groups is 1. The van der Waals surface area contributed by atoms with Crippen molar-refractivity contribution >= 4 is 45.4 Å². The van der Waals surface area contributed by atoms with Crippen LogP contribution in [0.25, 0.3) is 0 Å². The molecule has 0 spiro atoms. The topological polar surface area (TPSA) is 69.5 Å². The molecule has 1 aliphatic rings. The van der Waals surface area contributed by atoms with Crippen LogP contribution in [0.2, 0.25) is 10.0 Å². The van der Waals surface area contributed by atoms with Gasteiger partial charge in [0.1, 0.15) is 16.6 Å². The molecule has 1 aliphatic heterocycles. The highest BCUT2D eigenvalue weighted by Gasteiger charge is 2.44. The summed E-state index contributed by atoms with van der Waals surface area (Å²) in [6, 6.07) is 7.03. The highest BCUT2D eigenvalue weighted by molar-refractivity contribution is 7.17. The molecule has 0 fully saturated rings. The van der Waals surface area contributed by atoms with E-state index < -0.39 is 0 Å². The second-order valence-electron chi connectivity index (χ2n) is 7.84. The summed E-state index contributed by atoms with van der Waals surface area (Å²) >= 11 is 13.6. The largest absolute Gasteiger partial charge is 0.333 e. The summed E-state index contributed by atoms with van der Waals surface area (Å²) in [5, 5.41) is 16.2. The Morgan fingerprint density at radius 2 is 2.00 bits per heavy atom. The van der Waals surface area contributed by atoms with Crippen molar-refractivity contribution in [2.75, 3.05) is 5.32 Å². The molecule has 0 bridgehead atoms. The van der Waals surface area contributed by atoms with Gasteiger partial charge in [-0.05, 0) is 51.5 Å². The van der Waals surface area contributed by atoms with Crippen LogP contribution in [0, 0.1) is 11.3 Å². The Kier molecular flexibility index (Phi) is 4.83. The number of hydrogen-bond acceptors (Lipinski definition) is 3. The average Bonchev–Trinajstić information content (AvgIpc) is 2.85. The Morgan fingerprint density at radius 3 is 2.65 bits per heavy atom. The maximum Gasteiger partial charge on any atom is 0.257 e. The molecule has 2 aromatic rings. The standard InChI is InChI=1S/C19H19Cl2N3OS/c1-18(2)8-12-13(9-22)17(26-15(12)19(3,4)24-18)23-16(25)11-7-10(20)5-6-14(11)21/h5-7,24H,8H2,1-4H3,(H,23,25)/p+1. The van der Waals surface area contributed by atoms with Crippen molar-refractivity contribution in [2.24, 2.45) is 0 Å². The number of nitrogens with zero attached hydrogens (tertiary/aromatic N) is 1. The second kappa shape index (κ2) is 6.54. The molecule has 0 radical (unpaired) electrons. The van der Waals surface area contributed by atoms with Gasteiger partial charge in [0, 0.05) is 11.4 Å². The van der Waals surface area contributed by atoms with Gasteiger partial charge in [0.25, 0.3) is 5.91 Å². The zero-order valence-corrected chi connectivity index (χ0v) is 17.4. The van der Waals surface area contributed by atoms with Crippen LogP contribution in [0.1, 0.15) is 54.1 Å². The molecule has 1 amide bonds. The number of benzene rings is 1. The van der Waals surface area contributed by atoms with Crippen molar-refractivity contribution in [1.29, 1.82) is 5.26 Å². The van der Waals surface area contributed by atoms with Crippen LogP contribution in [-0.4, -0.2) is 11.4 Å². The summed E-state index contributed by atoms with van der Waals surface area (Å²) in [6.45, 7) is 8.62. The minimum Gasteiger partial charge on any atom is -0.333 e. The highest BCUT2D eigenvalue weighted by Crippen LogP contribution is 2.42. The molecular weight excluding hydrogens is 389 g/mol. The summed E-state index contributed by atoms with van der Waals surface area (Å²) in [6.07, 6.45) is 0.777. The van der Waals surface area contributed by atoms with E-state index >= 15 is 0 Å². The molecule has 26 heavy (non-hydrogen) atoms. The van der Waals surface area contributed by atoms with Crippen molar-refractivity contribution in [3.8, 4) is 6.07 Å². The summed E-state index contributed by atoms with van der Waals surface area (Å²) in [5.41, 5.74) is 1.69. The minimum absolute atomic E-state index is 0.0132. The number of fused-ring (bicyclic) bond motifs is 1. The van der Waals surface area contributed by atoms with Crippen LogP contribution in [-0.2, 0) is 12.0 Å². The number of amides is 1. The Hall–Kier alpha value is -1.58. The summed E-state index contributed by atoms with van der Waals surface area (Å²) in [4.78, 5) is 13.8. The highest BCUT2D eigenvalue weighted by atomic mass is 35.5. The smallest absolute Gasteiger partial charge is 0.257 e. The van der Waals surface area contributed by atoms with Gasteiger partial charge in [0.05, 0.1) is 26.6 Å². The average molecular weight is 409 g/mol. The van der Waals surface area contributed by atoms with Crippen LogP contribution >= 0.6 is 34.5 Å². The number of carbonyl (C=O) groups excluding carboxylic acids is 1. The third-order valence-electron chi connectivity index (χ3n) is 4.49. The molecule has 1 aromatic carbocycles. The van der Waals surface area contributed by atoms with Gasteiger partial charge in [0.2, 0.25) is 0 Å². The number of anilines is 1. The Balaban J connectivity index is 2.03. The molecule has 136 valence electrons. The fraction of sp³-hybridized carbons (Fsp3) is 0.368. The lowest BCUT2D eigenvalue weighted by Gasteiger charge is -2.38. The van der Waals surface area contributed by atoms with Gasteiger partial charge in [0.15, 0.2) is 0 Å². The third kappa shape index (κ3) is 3.47. The molecular formula is C19H20Cl2N3OS+. The fourth-order valence-electron chi connectivity index (χ4n) is 3.75. The Labute approximate surface area is 167 Å². The number of rotatable bonds is 2. The van der Waals surface area contributed by atoms with E-state index in [0.717, 1.165) is 16.9 Å². The molecule has 4 nitrogen and oxygen atoms in total. The molecule has 0 saturated carbocycles. The van der Waals surface area contributed by atoms with Crippen molar-refractivity contribution in [1.82, 2.24) is 0 Å². The third-order valence-corrected chi connectivity index (χ3v) is 6.54. The predicted octanol–water partition coefficient (Wildman–Crippen LogP) is 4.31. The van der Waals surface area contributed by atoms with Crippen LogP contribution in [0.5, 0.6) is 0 Å². The monoisotopic (exact) mass is 408 g/mol. The number of quaternary nitrogens is 1. The van der Waals surface area contributed by atoms with Gasteiger partial charge < -0.3 is 10.6 Å². The van der Waals surface area contributed by atoms with Crippen molar-refractivity contribution in [3.63, 3.8) is 0 Å². The summed E-state index contributed by atoms with van der Waals surface area (Å²) in [5.74, 6) is -0.367. The quantitative estimate of drug-likeness (QED) is 0.776. The van der Waals surface area contributed by atoms with Crippen molar-refractivity contribution in [2.45, 2.75) is 45.2 Å². The molecule has 2 heterocycles. The number of nitrogens with one attached hydrogen (secondary N) is 1. The Morgan fingerprint density at radius 1 is 1.31 bits per heavy atom. The summed E-state index contributed by atoms with van der Waals surface area (Å²) in [7, 11) is 0. The van der Waals surface area contributed by atoms with Crippen LogP contribution in [0.15, 0.2) is 18.2 Å². The fourth-order valence-corrected chi connectivity index (χ4v) is 5.37. The zero-order valence-electron chi connectivity index (χ0n) is 15.0. The van der Waals surface area contributed by atoms with E-state index in [4.69, 9.17) is 23.2 Å². The van der Waals surface area contributed by atoms with Gasteiger partial charge in [-0.15, -0.1) is 11.3 Å². The molecule has 0 atom stereocenters. The van der Waals surface area contributed by atoms with E-state index in [0.29, 0.717) is 26.2 Å². The first-order valence-corrected chi connectivity index (χ1v) is 9.81. The van der Waals surface area contributed by atoms with Crippen LogP contribution < -0.4 is 10.6 Å². The Bertz CT molecular complexity index is 941. The number of hydrogen-bond donors (Lipinski definition) is 2. The zero-order chi connectivity index (χ0) is 19.3. The molecule has 1 aromatic heterocycles. The number of halogens is 2. The molecule has 0 saturated heterocycles. The van der Waals surface area contributed by atoms with E-state index in [-0.39, 0.29) is 17.0 Å². The number of nitriles is 1. The van der Waals surface area contributed by atoms with Gasteiger partial charge in [-0.1, -0.05) is 23.2 Å². The molecule has 3 N–H and O–H groups in total. The number of nitrogens with two attached hydrogens (primary N) is 1. The van der Waals surface area contributed by atoms with Gasteiger partial charge in [-0.2, -0.15) is 5.26 Å². The normalized spacial score (nSPS) is 17.3. The molecule has 0 aliphatic carbocycles. The van der Waals surface area contributed by atoms with Gasteiger partial charge in [-0.3, -0.25) is 4.79 Å². The van der Waals surface area contributed by atoms with Gasteiger partial charge >= 0.3 is 0 Å². The second-order valence-corrected chi connectivity index (χ2v) is 9.70. The lowest BCUT2D eigenvalue weighted by Crippen LogP contribution is -3.03. The maximum atomic E-state index is 12.7. The minimum atomic E-state index is -0.367. The van der Waals surface area contributed by atoms with Crippen molar-refractivity contribution in [3.05, 3.63) is 49.8 Å². The SMILES string of the molecule is CC1(C)Cc2c(sc(NC(=O)c3cc(Cl)ccc3Cl)c2C#N)C(C)(C)[NH2+]1. The van der Waals surface area contributed by atoms with E-state index in [9.17, 15) is 10.1 Å².